The van der Waals surface area contributed by atoms with Crippen LogP contribution >= 0.6 is 0 Å². The van der Waals surface area contributed by atoms with Crippen molar-refractivity contribution in [1.29, 1.82) is 0 Å². The summed E-state index contributed by atoms with van der Waals surface area (Å²) in [6.07, 6.45) is 4.23. The van der Waals surface area contributed by atoms with Crippen LogP contribution in [0.25, 0.3) is 0 Å². The highest BCUT2D eigenvalue weighted by atomic mass is 16.3. The molecule has 1 heterocycles. The van der Waals surface area contributed by atoms with Crippen LogP contribution in [0.5, 0.6) is 0 Å². The van der Waals surface area contributed by atoms with Crippen LogP contribution in [0.1, 0.15) is 49.8 Å². The third kappa shape index (κ3) is 5.10. The lowest BCUT2D eigenvalue weighted by Gasteiger charge is -2.31. The Morgan fingerprint density at radius 3 is 2.90 bits per heavy atom. The Morgan fingerprint density at radius 1 is 1.38 bits per heavy atom. The highest BCUT2D eigenvalue weighted by Gasteiger charge is 2.19. The van der Waals surface area contributed by atoms with Gasteiger partial charge >= 0.3 is 0 Å². The second-order valence-electron chi connectivity index (χ2n) is 6.25. The highest BCUT2D eigenvalue weighted by molar-refractivity contribution is 5.28. The van der Waals surface area contributed by atoms with Crippen molar-refractivity contribution in [3.8, 4) is 0 Å². The lowest BCUT2D eigenvalue weighted by molar-refractivity contribution is 0.0685. The van der Waals surface area contributed by atoms with Gasteiger partial charge in [0.05, 0.1) is 6.10 Å². The number of aryl methyl sites for hydroxylation is 1. The predicted molar refractivity (Wildman–Crippen MR) is 88.5 cm³/mol. The molecule has 0 radical (unpaired) electrons. The Balaban J connectivity index is 1.94. The molecule has 0 aromatic heterocycles. The Labute approximate surface area is 129 Å². The van der Waals surface area contributed by atoms with E-state index in [9.17, 15) is 5.11 Å². The number of hydrogen-bond donors (Lipinski definition) is 2. The standard InChI is InChI=1S/C18H30N2O/c1-3-11-19-18(17-9-5-4-7-15(17)2)10-13-20-12-6-8-16(21)14-20/h4-5,7,9,16,18-19,21H,3,6,8,10-14H2,1-2H3. The molecule has 1 aliphatic rings. The summed E-state index contributed by atoms with van der Waals surface area (Å²) in [6.45, 7) is 8.50. The fraction of sp³-hybridized carbons (Fsp3) is 0.667. The zero-order valence-corrected chi connectivity index (χ0v) is 13.5. The Bertz CT molecular complexity index is 421. The van der Waals surface area contributed by atoms with E-state index in [0.717, 1.165) is 51.9 Å². The molecule has 2 N–H and O–H groups in total. The SMILES string of the molecule is CCCNC(CCN1CCCC(O)C1)c1ccccc1C. The molecule has 0 spiro atoms. The maximum atomic E-state index is 9.79. The maximum absolute atomic E-state index is 9.79. The number of aliphatic hydroxyl groups is 1. The fourth-order valence-corrected chi connectivity index (χ4v) is 3.21. The highest BCUT2D eigenvalue weighted by Crippen LogP contribution is 2.22. The smallest absolute Gasteiger partial charge is 0.0667 e. The van der Waals surface area contributed by atoms with E-state index in [1.165, 1.54) is 11.1 Å². The molecule has 1 aliphatic heterocycles. The van der Waals surface area contributed by atoms with Gasteiger partial charge in [-0.25, -0.2) is 0 Å². The first-order valence-electron chi connectivity index (χ1n) is 8.40. The molecule has 21 heavy (non-hydrogen) atoms. The molecule has 2 rings (SSSR count). The second-order valence-corrected chi connectivity index (χ2v) is 6.25. The van der Waals surface area contributed by atoms with Crippen molar-refractivity contribution < 1.29 is 5.11 Å². The second kappa shape index (κ2) is 8.52. The van der Waals surface area contributed by atoms with Crippen molar-refractivity contribution in [1.82, 2.24) is 10.2 Å². The Kier molecular flexibility index (Phi) is 6.68. The van der Waals surface area contributed by atoms with Crippen LogP contribution in [0.3, 0.4) is 0 Å². The number of β-amino-alcohol motifs (C(OH)–C–C–N with tert-alkyl or cyclic N) is 1. The number of aliphatic hydroxyl groups excluding tert-OH is 1. The molecule has 3 heteroatoms. The molecule has 2 unspecified atom stereocenters. The van der Waals surface area contributed by atoms with E-state index in [0.29, 0.717) is 6.04 Å². The predicted octanol–water partition coefficient (Wildman–Crippen LogP) is 2.88. The number of nitrogens with zero attached hydrogens (tertiary/aromatic N) is 1. The van der Waals surface area contributed by atoms with E-state index in [4.69, 9.17) is 0 Å². The van der Waals surface area contributed by atoms with E-state index in [1.807, 2.05) is 0 Å². The normalized spacial score (nSPS) is 21.4. The number of rotatable bonds is 7. The minimum Gasteiger partial charge on any atom is -0.392 e. The summed E-state index contributed by atoms with van der Waals surface area (Å²) in [7, 11) is 0. The van der Waals surface area contributed by atoms with Crippen LogP contribution < -0.4 is 5.32 Å². The first-order valence-corrected chi connectivity index (χ1v) is 8.40. The summed E-state index contributed by atoms with van der Waals surface area (Å²) in [5, 5.41) is 13.5. The van der Waals surface area contributed by atoms with Crippen LogP contribution in [0.2, 0.25) is 0 Å². The Morgan fingerprint density at radius 2 is 2.19 bits per heavy atom. The van der Waals surface area contributed by atoms with Gasteiger partial charge in [0.1, 0.15) is 0 Å². The summed E-state index contributed by atoms with van der Waals surface area (Å²) in [5.41, 5.74) is 2.79. The first-order chi connectivity index (χ1) is 10.2. The van der Waals surface area contributed by atoms with Crippen LogP contribution in [0.15, 0.2) is 24.3 Å². The summed E-state index contributed by atoms with van der Waals surface area (Å²) >= 11 is 0. The van der Waals surface area contributed by atoms with E-state index >= 15 is 0 Å². The van der Waals surface area contributed by atoms with Crippen molar-refractivity contribution >= 4 is 0 Å². The third-order valence-electron chi connectivity index (χ3n) is 4.42. The van der Waals surface area contributed by atoms with Crippen molar-refractivity contribution in [3.63, 3.8) is 0 Å². The van der Waals surface area contributed by atoms with Gasteiger partial charge in [-0.05, 0) is 56.8 Å². The first kappa shape index (κ1) is 16.5. The van der Waals surface area contributed by atoms with Gasteiger partial charge in [0.15, 0.2) is 0 Å². The van der Waals surface area contributed by atoms with Gasteiger partial charge in [-0.2, -0.15) is 0 Å². The molecular weight excluding hydrogens is 260 g/mol. The zero-order valence-electron chi connectivity index (χ0n) is 13.5. The van der Waals surface area contributed by atoms with E-state index < -0.39 is 0 Å². The number of likely N-dealkylation sites (tertiary alicyclic amines) is 1. The van der Waals surface area contributed by atoms with Crippen LogP contribution in [0.4, 0.5) is 0 Å². The summed E-state index contributed by atoms with van der Waals surface area (Å²) in [5.74, 6) is 0. The lowest BCUT2D eigenvalue weighted by atomic mass is 9.98. The van der Waals surface area contributed by atoms with Gasteiger partial charge in [-0.15, -0.1) is 0 Å². The molecule has 1 saturated heterocycles. The number of nitrogens with one attached hydrogen (secondary N) is 1. The summed E-state index contributed by atoms with van der Waals surface area (Å²) in [4.78, 5) is 2.41. The average molecular weight is 290 g/mol. The molecule has 1 fully saturated rings. The van der Waals surface area contributed by atoms with E-state index in [1.54, 1.807) is 0 Å². The van der Waals surface area contributed by atoms with Gasteiger partial charge in [0.2, 0.25) is 0 Å². The van der Waals surface area contributed by atoms with Gasteiger partial charge in [0.25, 0.3) is 0 Å². The van der Waals surface area contributed by atoms with Crippen molar-refractivity contribution in [2.75, 3.05) is 26.2 Å². The molecule has 2 atom stereocenters. The van der Waals surface area contributed by atoms with Gasteiger partial charge in [-0.3, -0.25) is 0 Å². The largest absolute Gasteiger partial charge is 0.392 e. The van der Waals surface area contributed by atoms with Crippen LogP contribution in [-0.4, -0.2) is 42.3 Å². The van der Waals surface area contributed by atoms with Crippen molar-refractivity contribution in [2.45, 2.75) is 51.7 Å². The van der Waals surface area contributed by atoms with E-state index in [2.05, 4.69) is 48.3 Å². The van der Waals surface area contributed by atoms with Crippen molar-refractivity contribution in [2.24, 2.45) is 0 Å². The Hall–Kier alpha value is -0.900. The monoisotopic (exact) mass is 290 g/mol. The fourth-order valence-electron chi connectivity index (χ4n) is 3.21. The molecule has 1 aromatic rings. The summed E-state index contributed by atoms with van der Waals surface area (Å²) < 4.78 is 0. The molecule has 0 bridgehead atoms. The zero-order chi connectivity index (χ0) is 15.1. The molecule has 0 amide bonds. The third-order valence-corrected chi connectivity index (χ3v) is 4.42. The quantitative estimate of drug-likeness (QED) is 0.810. The van der Waals surface area contributed by atoms with Gasteiger partial charge in [0, 0.05) is 19.1 Å². The molecule has 1 aromatic carbocycles. The van der Waals surface area contributed by atoms with Crippen LogP contribution in [0, 0.1) is 6.92 Å². The topological polar surface area (TPSA) is 35.5 Å². The molecule has 3 nitrogen and oxygen atoms in total. The minimum absolute atomic E-state index is 0.126. The number of hydrogen-bond acceptors (Lipinski definition) is 3. The molecule has 0 aliphatic carbocycles. The lowest BCUT2D eigenvalue weighted by Crippen LogP contribution is -2.40. The number of benzene rings is 1. The molecule has 118 valence electrons. The van der Waals surface area contributed by atoms with Gasteiger partial charge < -0.3 is 15.3 Å². The molecular formula is C18H30N2O. The van der Waals surface area contributed by atoms with Crippen LogP contribution in [-0.2, 0) is 0 Å². The van der Waals surface area contributed by atoms with Crippen molar-refractivity contribution in [3.05, 3.63) is 35.4 Å². The maximum Gasteiger partial charge on any atom is 0.0667 e. The summed E-state index contributed by atoms with van der Waals surface area (Å²) in [6, 6.07) is 9.10. The average Bonchev–Trinajstić information content (AvgIpc) is 2.48. The number of piperidine rings is 1. The minimum atomic E-state index is -0.126. The van der Waals surface area contributed by atoms with E-state index in [-0.39, 0.29) is 6.10 Å². The van der Waals surface area contributed by atoms with Gasteiger partial charge in [-0.1, -0.05) is 31.2 Å². The molecule has 0 saturated carbocycles.